The Morgan fingerprint density at radius 2 is 1.67 bits per heavy atom. The Labute approximate surface area is 282 Å². The smallest absolute Gasteiger partial charge is 0.416 e. The normalized spacial score (nSPS) is 14.4. The van der Waals surface area contributed by atoms with Crippen LogP contribution in [0.2, 0.25) is 5.15 Å². The van der Waals surface area contributed by atoms with Gasteiger partial charge in [-0.25, -0.2) is 18.2 Å². The van der Waals surface area contributed by atoms with Gasteiger partial charge in [-0.05, 0) is 87.8 Å². The van der Waals surface area contributed by atoms with Crippen molar-refractivity contribution < 1.29 is 35.9 Å². The van der Waals surface area contributed by atoms with Crippen LogP contribution in [-0.2, 0) is 27.5 Å². The number of ether oxygens (including phenoxy) is 1. The highest BCUT2D eigenvalue weighted by atomic mass is 35.5. The number of carbonyl (C=O) groups excluding carboxylic acids is 2. The summed E-state index contributed by atoms with van der Waals surface area (Å²) in [5.74, 6) is -0.457. The molecule has 0 radical (unpaired) electrons. The van der Waals surface area contributed by atoms with Crippen LogP contribution in [0.4, 0.5) is 29.5 Å². The number of carbonyl (C=O) groups is 2. The van der Waals surface area contributed by atoms with Crippen LogP contribution in [0.15, 0.2) is 59.6 Å². The van der Waals surface area contributed by atoms with Crippen molar-refractivity contribution in [3.63, 3.8) is 0 Å². The van der Waals surface area contributed by atoms with Crippen LogP contribution < -0.4 is 20.9 Å². The van der Waals surface area contributed by atoms with Crippen molar-refractivity contribution in [2.75, 3.05) is 49.5 Å². The van der Waals surface area contributed by atoms with Crippen LogP contribution >= 0.6 is 11.6 Å². The summed E-state index contributed by atoms with van der Waals surface area (Å²) >= 11 is 5.81. The van der Waals surface area contributed by atoms with E-state index < -0.39 is 39.4 Å². The summed E-state index contributed by atoms with van der Waals surface area (Å²) < 4.78 is 72.6. The number of amides is 2. The lowest BCUT2D eigenvalue weighted by Gasteiger charge is -2.35. The lowest BCUT2D eigenvalue weighted by molar-refractivity contribution is -0.137. The third-order valence-corrected chi connectivity index (χ3v) is 9.11. The van der Waals surface area contributed by atoms with Crippen molar-refractivity contribution in [3.05, 3.63) is 76.7 Å². The molecule has 1 aromatic carbocycles. The molecule has 4 rings (SSSR count). The molecule has 0 aliphatic carbocycles. The van der Waals surface area contributed by atoms with Crippen molar-refractivity contribution in [1.29, 1.82) is 0 Å². The topological polar surface area (TPSA) is 146 Å². The van der Waals surface area contributed by atoms with E-state index in [1.54, 1.807) is 37.8 Å². The molecule has 3 aromatic rings. The second-order valence-electron chi connectivity index (χ2n) is 11.9. The number of piperazine rings is 1. The van der Waals surface area contributed by atoms with E-state index >= 15 is 0 Å². The Balaban J connectivity index is 1.26. The predicted molar refractivity (Wildman–Crippen MR) is 174 cm³/mol. The van der Waals surface area contributed by atoms with Gasteiger partial charge in [0.1, 0.15) is 22.3 Å². The first-order valence-electron chi connectivity index (χ1n) is 15.0. The van der Waals surface area contributed by atoms with E-state index in [1.165, 1.54) is 34.8 Å². The predicted octanol–water partition coefficient (Wildman–Crippen LogP) is 4.92. The van der Waals surface area contributed by atoms with Crippen LogP contribution in [0, 0.1) is 0 Å². The molecule has 2 aromatic heterocycles. The Kier molecular flexibility index (Phi) is 11.9. The van der Waals surface area contributed by atoms with Gasteiger partial charge in [-0.2, -0.15) is 17.5 Å². The second kappa shape index (κ2) is 15.5. The molecule has 0 unspecified atom stereocenters. The van der Waals surface area contributed by atoms with E-state index in [1.807, 2.05) is 0 Å². The van der Waals surface area contributed by atoms with Crippen molar-refractivity contribution >= 4 is 45.1 Å². The molecule has 17 heteroatoms. The van der Waals surface area contributed by atoms with Gasteiger partial charge in [0.2, 0.25) is 10.0 Å². The SMILES string of the molecule is CC(C)(C)OC(=O)NCCCNCc1ccnc(C(=O)Nc2ccc(S(=O)(=O)N3CCN(c4cc(C(F)(F)F)cc(Cl)n4)CC3)cc2)c1. The van der Waals surface area contributed by atoms with E-state index in [2.05, 4.69) is 25.9 Å². The fraction of sp³-hybridized carbons (Fsp3) is 0.419. The minimum Gasteiger partial charge on any atom is -0.444 e. The van der Waals surface area contributed by atoms with Crippen molar-refractivity contribution in [2.24, 2.45) is 0 Å². The number of anilines is 2. The lowest BCUT2D eigenvalue weighted by Crippen LogP contribution is -2.49. The summed E-state index contributed by atoms with van der Waals surface area (Å²) in [4.78, 5) is 34.2. The molecule has 2 amide bonds. The largest absolute Gasteiger partial charge is 0.444 e. The number of hydrogen-bond acceptors (Lipinski definition) is 9. The fourth-order valence-corrected chi connectivity index (χ4v) is 6.31. The number of alkyl halides is 3. The highest BCUT2D eigenvalue weighted by Gasteiger charge is 2.34. The molecule has 1 aliphatic rings. The summed E-state index contributed by atoms with van der Waals surface area (Å²) in [6, 6.07) is 10.7. The summed E-state index contributed by atoms with van der Waals surface area (Å²) in [7, 11) is -3.92. The molecule has 0 bridgehead atoms. The number of nitrogens with one attached hydrogen (secondary N) is 3. The Hall–Kier alpha value is -3.99. The first kappa shape index (κ1) is 36.8. The minimum absolute atomic E-state index is 0.00155. The van der Waals surface area contributed by atoms with E-state index in [0.717, 1.165) is 17.7 Å². The number of rotatable bonds is 11. The van der Waals surface area contributed by atoms with E-state index in [-0.39, 0.29) is 47.7 Å². The molecule has 0 atom stereocenters. The van der Waals surface area contributed by atoms with Gasteiger partial charge in [-0.15, -0.1) is 0 Å². The highest BCUT2D eigenvalue weighted by Crippen LogP contribution is 2.33. The summed E-state index contributed by atoms with van der Waals surface area (Å²) in [5, 5.41) is 8.34. The number of nitrogens with zero attached hydrogens (tertiary/aromatic N) is 4. The zero-order valence-corrected chi connectivity index (χ0v) is 28.2. The van der Waals surface area contributed by atoms with Crippen molar-refractivity contribution in [3.8, 4) is 0 Å². The number of sulfonamides is 1. The summed E-state index contributed by atoms with van der Waals surface area (Å²) in [5.41, 5.74) is -0.137. The van der Waals surface area contributed by atoms with Gasteiger partial charge in [0.15, 0.2) is 0 Å². The van der Waals surface area contributed by atoms with Crippen LogP contribution in [0.3, 0.4) is 0 Å². The number of pyridine rings is 2. The second-order valence-corrected chi connectivity index (χ2v) is 14.2. The maximum absolute atomic E-state index is 13.3. The van der Waals surface area contributed by atoms with Gasteiger partial charge >= 0.3 is 12.3 Å². The zero-order chi connectivity index (χ0) is 35.1. The van der Waals surface area contributed by atoms with E-state index in [4.69, 9.17) is 16.3 Å². The molecule has 3 N–H and O–H groups in total. The number of hydrogen-bond donors (Lipinski definition) is 3. The number of alkyl carbamates (subject to hydrolysis) is 1. The number of benzene rings is 1. The molecule has 0 spiro atoms. The molecule has 48 heavy (non-hydrogen) atoms. The quantitative estimate of drug-likeness (QED) is 0.187. The average Bonchev–Trinajstić information content (AvgIpc) is 3.01. The van der Waals surface area contributed by atoms with Gasteiger partial charge in [0.25, 0.3) is 5.91 Å². The monoisotopic (exact) mass is 711 g/mol. The van der Waals surface area contributed by atoms with Gasteiger partial charge in [-0.3, -0.25) is 9.78 Å². The summed E-state index contributed by atoms with van der Waals surface area (Å²) in [6.45, 7) is 7.19. The van der Waals surface area contributed by atoms with Crippen molar-refractivity contribution in [2.45, 2.75) is 50.4 Å². The lowest BCUT2D eigenvalue weighted by atomic mass is 10.2. The molecule has 1 fully saturated rings. The third-order valence-electron chi connectivity index (χ3n) is 7.01. The average molecular weight is 712 g/mol. The standard InChI is InChI=1S/C31H37ClF3N7O5S/c1-30(2,3)47-29(44)38-11-4-10-36-20-21-9-12-37-25(17-21)28(43)39-23-5-7-24(8-6-23)48(45,46)42-15-13-41(14-16-42)27-19-22(31(33,34)35)18-26(32)40-27/h5-9,12,17-19,36H,4,10-11,13-16,20H2,1-3H3,(H,38,44)(H,39,43). The Bertz CT molecular complexity index is 1700. The molecule has 260 valence electrons. The zero-order valence-electron chi connectivity index (χ0n) is 26.6. The van der Waals surface area contributed by atoms with E-state index in [0.29, 0.717) is 31.7 Å². The van der Waals surface area contributed by atoms with Crippen LogP contribution in [-0.4, -0.2) is 79.6 Å². The van der Waals surface area contributed by atoms with Crippen LogP contribution in [0.1, 0.15) is 48.8 Å². The maximum Gasteiger partial charge on any atom is 0.416 e. The molecular weight excluding hydrogens is 675 g/mol. The molecule has 12 nitrogen and oxygen atoms in total. The molecule has 0 saturated carbocycles. The van der Waals surface area contributed by atoms with Crippen LogP contribution in [0.5, 0.6) is 0 Å². The number of halogens is 4. The van der Waals surface area contributed by atoms with Gasteiger partial charge in [0.05, 0.1) is 10.5 Å². The first-order valence-corrected chi connectivity index (χ1v) is 16.9. The third kappa shape index (κ3) is 10.5. The summed E-state index contributed by atoms with van der Waals surface area (Å²) in [6.07, 6.45) is -2.88. The highest BCUT2D eigenvalue weighted by molar-refractivity contribution is 7.89. The molecule has 1 aliphatic heterocycles. The van der Waals surface area contributed by atoms with Crippen molar-refractivity contribution in [1.82, 2.24) is 24.9 Å². The van der Waals surface area contributed by atoms with Gasteiger partial charge < -0.3 is 25.6 Å². The van der Waals surface area contributed by atoms with Gasteiger partial charge in [0, 0.05) is 51.2 Å². The molecule has 3 heterocycles. The molecule has 1 saturated heterocycles. The first-order chi connectivity index (χ1) is 22.5. The Morgan fingerprint density at radius 1 is 0.979 bits per heavy atom. The van der Waals surface area contributed by atoms with Crippen LogP contribution in [0.25, 0.3) is 0 Å². The molecular formula is C31H37ClF3N7O5S. The Morgan fingerprint density at radius 3 is 2.31 bits per heavy atom. The van der Waals surface area contributed by atoms with E-state index in [9.17, 15) is 31.2 Å². The maximum atomic E-state index is 13.3. The number of aromatic nitrogens is 2. The van der Waals surface area contributed by atoms with Gasteiger partial charge in [-0.1, -0.05) is 11.6 Å². The minimum atomic E-state index is -4.60. The fourth-order valence-electron chi connectivity index (χ4n) is 4.68.